The third-order valence-corrected chi connectivity index (χ3v) is 4.50. The number of nitrogens with zero attached hydrogens (tertiary/aromatic N) is 2. The van der Waals surface area contributed by atoms with Crippen molar-refractivity contribution in [1.29, 1.82) is 0 Å². The molecule has 5 amide bonds. The number of nitrogens with one attached hydrogen (secondary N) is 2. The van der Waals surface area contributed by atoms with Crippen LogP contribution in [0, 0.1) is 5.92 Å². The first kappa shape index (κ1) is 19.3. The Labute approximate surface area is 160 Å². The van der Waals surface area contributed by atoms with E-state index in [0.717, 1.165) is 5.01 Å². The number of urea groups is 1. The molecule has 11 heteroatoms. The number of hydrogen-bond acceptors (Lipinski definition) is 7. The summed E-state index contributed by atoms with van der Waals surface area (Å²) in [5, 5.41) is 2.94. The van der Waals surface area contributed by atoms with Gasteiger partial charge >= 0.3 is 6.03 Å². The number of rotatable bonds is 6. The van der Waals surface area contributed by atoms with E-state index in [4.69, 9.17) is 14.2 Å². The van der Waals surface area contributed by atoms with Crippen molar-refractivity contribution in [2.75, 3.05) is 39.3 Å². The average Bonchev–Trinajstić information content (AvgIpc) is 3.21. The molecule has 0 aliphatic carbocycles. The van der Waals surface area contributed by atoms with E-state index in [0.29, 0.717) is 22.9 Å². The molecule has 1 aromatic rings. The predicted octanol–water partition coefficient (Wildman–Crippen LogP) is -0.352. The molecule has 0 saturated carbocycles. The van der Waals surface area contributed by atoms with Crippen molar-refractivity contribution in [3.8, 4) is 17.2 Å². The van der Waals surface area contributed by atoms with Gasteiger partial charge in [0.25, 0.3) is 0 Å². The predicted molar refractivity (Wildman–Crippen MR) is 94.9 cm³/mol. The minimum Gasteiger partial charge on any atom is -0.493 e. The van der Waals surface area contributed by atoms with Crippen LogP contribution < -0.4 is 29.9 Å². The second-order valence-electron chi connectivity index (χ2n) is 6.20. The van der Waals surface area contributed by atoms with Gasteiger partial charge < -0.3 is 19.1 Å². The Morgan fingerprint density at radius 2 is 1.75 bits per heavy atom. The van der Waals surface area contributed by atoms with Crippen LogP contribution in [0.4, 0.5) is 10.5 Å². The number of carbonyl (C=O) groups excluding carboxylic acids is 4. The number of hydrazine groups is 1. The first-order valence-corrected chi connectivity index (χ1v) is 8.40. The van der Waals surface area contributed by atoms with Gasteiger partial charge in [0.05, 0.1) is 32.9 Å². The molecule has 0 radical (unpaired) electrons. The molecule has 1 aromatic carbocycles. The van der Waals surface area contributed by atoms with Crippen molar-refractivity contribution in [3.05, 3.63) is 12.1 Å². The number of imide groups is 1. The summed E-state index contributed by atoms with van der Waals surface area (Å²) >= 11 is 0. The summed E-state index contributed by atoms with van der Waals surface area (Å²) in [5.41, 5.74) is 2.86. The maximum atomic E-state index is 12.5. The van der Waals surface area contributed by atoms with Gasteiger partial charge in [0.15, 0.2) is 11.5 Å². The molecule has 2 aliphatic rings. The first-order chi connectivity index (χ1) is 13.4. The number of benzene rings is 1. The monoisotopic (exact) mass is 392 g/mol. The topological polar surface area (TPSA) is 127 Å². The summed E-state index contributed by atoms with van der Waals surface area (Å²) in [5.74, 6) is -0.833. The third-order valence-electron chi connectivity index (χ3n) is 4.50. The van der Waals surface area contributed by atoms with Crippen LogP contribution in [0.25, 0.3) is 0 Å². The lowest BCUT2D eigenvalue weighted by Gasteiger charge is -2.21. The van der Waals surface area contributed by atoms with E-state index in [-0.39, 0.29) is 25.4 Å². The Balaban J connectivity index is 1.76. The number of hydrogen-bond donors (Lipinski definition) is 2. The molecule has 1 atom stereocenters. The highest BCUT2D eigenvalue weighted by atomic mass is 16.5. The Morgan fingerprint density at radius 1 is 1.11 bits per heavy atom. The van der Waals surface area contributed by atoms with E-state index >= 15 is 0 Å². The van der Waals surface area contributed by atoms with Gasteiger partial charge in [-0.05, 0) is 0 Å². The highest BCUT2D eigenvalue weighted by Gasteiger charge is 2.38. The van der Waals surface area contributed by atoms with Gasteiger partial charge in [0.1, 0.15) is 6.54 Å². The fourth-order valence-corrected chi connectivity index (χ4v) is 3.11. The summed E-state index contributed by atoms with van der Waals surface area (Å²) in [6.45, 7) is -0.158. The highest BCUT2D eigenvalue weighted by Crippen LogP contribution is 2.42. The molecule has 2 heterocycles. The van der Waals surface area contributed by atoms with Crippen LogP contribution in [0.3, 0.4) is 0 Å². The van der Waals surface area contributed by atoms with E-state index < -0.39 is 23.8 Å². The van der Waals surface area contributed by atoms with Crippen LogP contribution in [0.2, 0.25) is 0 Å². The van der Waals surface area contributed by atoms with E-state index in [1.165, 1.54) is 26.2 Å². The zero-order chi connectivity index (χ0) is 20.4. The van der Waals surface area contributed by atoms with Crippen LogP contribution in [0.5, 0.6) is 17.2 Å². The zero-order valence-electron chi connectivity index (χ0n) is 15.6. The van der Waals surface area contributed by atoms with Crippen molar-refractivity contribution in [3.63, 3.8) is 0 Å². The van der Waals surface area contributed by atoms with Gasteiger partial charge in [-0.1, -0.05) is 0 Å². The summed E-state index contributed by atoms with van der Waals surface area (Å²) in [4.78, 5) is 49.1. The molecule has 2 saturated heterocycles. The standard InChI is InChI=1S/C17H20N4O7/c1-26-11-5-10(6-12(27-2)15(11)28-3)20-7-9(4-14(20)23)16(24)19-21-8-13(22)18-17(21)25/h5-6,9H,4,7-8H2,1-3H3,(H,19,24)(H,18,22,25). The van der Waals surface area contributed by atoms with Gasteiger partial charge in [-0.25, -0.2) is 9.80 Å². The Morgan fingerprint density at radius 3 is 2.25 bits per heavy atom. The van der Waals surface area contributed by atoms with Crippen LogP contribution in [0.1, 0.15) is 6.42 Å². The summed E-state index contributed by atoms with van der Waals surface area (Å²) in [6.07, 6.45) is -0.0358. The zero-order valence-corrected chi connectivity index (χ0v) is 15.6. The van der Waals surface area contributed by atoms with Gasteiger partial charge in [0.2, 0.25) is 23.5 Å². The molecule has 0 spiro atoms. The maximum Gasteiger partial charge on any atom is 0.343 e. The van der Waals surface area contributed by atoms with Gasteiger partial charge in [-0.15, -0.1) is 0 Å². The molecule has 0 bridgehead atoms. The smallest absolute Gasteiger partial charge is 0.343 e. The molecule has 1 unspecified atom stereocenters. The van der Waals surface area contributed by atoms with E-state index in [1.807, 2.05) is 0 Å². The normalized spacial score (nSPS) is 19.0. The fourth-order valence-electron chi connectivity index (χ4n) is 3.11. The van der Waals surface area contributed by atoms with Crippen LogP contribution >= 0.6 is 0 Å². The lowest BCUT2D eigenvalue weighted by atomic mass is 10.1. The molecule has 28 heavy (non-hydrogen) atoms. The van der Waals surface area contributed by atoms with E-state index in [1.54, 1.807) is 12.1 Å². The fraction of sp³-hybridized carbons (Fsp3) is 0.412. The second-order valence-corrected chi connectivity index (χ2v) is 6.20. The molecule has 0 aromatic heterocycles. The minimum absolute atomic E-state index is 0.0358. The van der Waals surface area contributed by atoms with Crippen LogP contribution in [-0.2, 0) is 14.4 Å². The largest absolute Gasteiger partial charge is 0.493 e. The minimum atomic E-state index is -0.704. The second kappa shape index (κ2) is 7.62. The Hall–Kier alpha value is -3.50. The highest BCUT2D eigenvalue weighted by molar-refractivity contribution is 6.04. The van der Waals surface area contributed by atoms with E-state index in [9.17, 15) is 19.2 Å². The number of anilines is 1. The lowest BCUT2D eigenvalue weighted by molar-refractivity contribution is -0.129. The van der Waals surface area contributed by atoms with Gasteiger partial charge in [-0.2, -0.15) is 0 Å². The molecule has 150 valence electrons. The third kappa shape index (κ3) is 3.50. The van der Waals surface area contributed by atoms with Crippen molar-refractivity contribution >= 4 is 29.4 Å². The average molecular weight is 392 g/mol. The SMILES string of the molecule is COc1cc(N2CC(C(=O)NN3CC(=O)NC3=O)CC2=O)cc(OC)c1OC. The number of carbonyl (C=O) groups is 4. The molecular formula is C17H20N4O7. The maximum absolute atomic E-state index is 12.5. The molecule has 11 nitrogen and oxygen atoms in total. The molecule has 2 N–H and O–H groups in total. The van der Waals surface area contributed by atoms with Crippen LogP contribution in [0.15, 0.2) is 12.1 Å². The molecule has 2 fully saturated rings. The Kier molecular flexibility index (Phi) is 5.25. The molecule has 2 aliphatic heterocycles. The number of methoxy groups -OCH3 is 3. The van der Waals surface area contributed by atoms with E-state index in [2.05, 4.69) is 10.7 Å². The Bertz CT molecular complexity index is 816. The molecular weight excluding hydrogens is 372 g/mol. The van der Waals surface area contributed by atoms with Crippen molar-refractivity contribution in [1.82, 2.24) is 15.8 Å². The number of ether oxygens (including phenoxy) is 3. The van der Waals surface area contributed by atoms with Crippen molar-refractivity contribution < 1.29 is 33.4 Å². The molecule has 3 rings (SSSR count). The van der Waals surface area contributed by atoms with Gasteiger partial charge in [0, 0.05) is 25.1 Å². The van der Waals surface area contributed by atoms with Crippen molar-refractivity contribution in [2.24, 2.45) is 5.92 Å². The quantitative estimate of drug-likeness (QED) is 0.634. The van der Waals surface area contributed by atoms with Crippen LogP contribution in [-0.4, -0.2) is 63.2 Å². The summed E-state index contributed by atoms with van der Waals surface area (Å²) < 4.78 is 15.9. The van der Waals surface area contributed by atoms with Crippen molar-refractivity contribution in [2.45, 2.75) is 6.42 Å². The summed E-state index contributed by atoms with van der Waals surface area (Å²) in [6, 6.07) is 2.53. The van der Waals surface area contributed by atoms with Gasteiger partial charge in [-0.3, -0.25) is 25.1 Å². The summed E-state index contributed by atoms with van der Waals surface area (Å²) in [7, 11) is 4.40. The lowest BCUT2D eigenvalue weighted by Crippen LogP contribution is -2.47. The first-order valence-electron chi connectivity index (χ1n) is 8.40. The number of amides is 5.